The van der Waals surface area contributed by atoms with Crippen molar-refractivity contribution in [3.8, 4) is 11.5 Å². The number of carbonyl (C=O) groups excluding carboxylic acids is 4. The van der Waals surface area contributed by atoms with E-state index in [1.165, 1.54) is 0 Å². The molecule has 10 heteroatoms. The Labute approximate surface area is 200 Å². The van der Waals surface area contributed by atoms with Gasteiger partial charge in [-0.3, -0.25) is 24.1 Å². The van der Waals surface area contributed by atoms with Gasteiger partial charge in [0.15, 0.2) is 11.5 Å². The van der Waals surface area contributed by atoms with E-state index in [4.69, 9.17) is 9.47 Å². The number of fused-ring (bicyclic) bond motifs is 1. The van der Waals surface area contributed by atoms with Crippen LogP contribution in [0.3, 0.4) is 0 Å². The summed E-state index contributed by atoms with van der Waals surface area (Å²) < 4.78 is 10.6. The fraction of sp³-hybridized carbons (Fsp3) is 0.250. The average Bonchev–Trinajstić information content (AvgIpc) is 3.38. The maximum atomic E-state index is 12.6. The van der Waals surface area contributed by atoms with Gasteiger partial charge in [0.05, 0.1) is 4.91 Å². The molecule has 2 aromatic carbocycles. The Kier molecular flexibility index (Phi) is 7.17. The molecule has 2 aliphatic rings. The Morgan fingerprint density at radius 1 is 1.06 bits per heavy atom. The highest BCUT2D eigenvalue weighted by atomic mass is 32.2. The van der Waals surface area contributed by atoms with E-state index < -0.39 is 11.1 Å². The van der Waals surface area contributed by atoms with Crippen molar-refractivity contribution >= 4 is 40.8 Å². The molecule has 0 aliphatic carbocycles. The lowest BCUT2D eigenvalue weighted by atomic mass is 10.1. The summed E-state index contributed by atoms with van der Waals surface area (Å²) in [7, 11) is 0. The number of amides is 4. The zero-order chi connectivity index (χ0) is 24.1. The van der Waals surface area contributed by atoms with Crippen LogP contribution < -0.4 is 20.1 Å². The second-order valence-corrected chi connectivity index (χ2v) is 8.61. The predicted molar refractivity (Wildman–Crippen MR) is 126 cm³/mol. The molecule has 0 saturated carbocycles. The first-order valence-corrected chi connectivity index (χ1v) is 11.5. The van der Waals surface area contributed by atoms with Gasteiger partial charge in [-0.05, 0) is 54.1 Å². The van der Waals surface area contributed by atoms with Gasteiger partial charge >= 0.3 is 0 Å². The molecule has 2 aromatic rings. The maximum Gasteiger partial charge on any atom is 0.293 e. The van der Waals surface area contributed by atoms with Gasteiger partial charge in [-0.2, -0.15) is 0 Å². The fourth-order valence-corrected chi connectivity index (χ4v) is 4.32. The summed E-state index contributed by atoms with van der Waals surface area (Å²) in [6, 6.07) is 12.5. The molecule has 0 bridgehead atoms. The second kappa shape index (κ2) is 10.4. The number of hydrogen-bond donors (Lipinski definition) is 2. The molecule has 1 saturated heterocycles. The summed E-state index contributed by atoms with van der Waals surface area (Å²) >= 11 is 0.851. The van der Waals surface area contributed by atoms with Crippen molar-refractivity contribution in [2.75, 3.05) is 26.4 Å². The van der Waals surface area contributed by atoms with Gasteiger partial charge < -0.3 is 20.1 Å². The van der Waals surface area contributed by atoms with E-state index in [0.717, 1.165) is 27.8 Å². The quantitative estimate of drug-likeness (QED) is 0.557. The van der Waals surface area contributed by atoms with Crippen LogP contribution in [-0.4, -0.2) is 54.3 Å². The largest absolute Gasteiger partial charge is 0.454 e. The number of imide groups is 1. The first-order valence-electron chi connectivity index (χ1n) is 10.7. The van der Waals surface area contributed by atoms with Crippen LogP contribution in [0.5, 0.6) is 11.5 Å². The van der Waals surface area contributed by atoms with Crippen LogP contribution in [-0.2, 0) is 9.59 Å². The van der Waals surface area contributed by atoms with Crippen LogP contribution in [0.2, 0.25) is 0 Å². The molecule has 176 valence electrons. The number of thioether (sulfide) groups is 1. The topological polar surface area (TPSA) is 114 Å². The first kappa shape index (κ1) is 23.4. The van der Waals surface area contributed by atoms with Gasteiger partial charge in [-0.15, -0.1) is 0 Å². The van der Waals surface area contributed by atoms with Crippen molar-refractivity contribution in [2.24, 2.45) is 0 Å². The predicted octanol–water partition coefficient (Wildman–Crippen LogP) is 2.70. The van der Waals surface area contributed by atoms with Gasteiger partial charge in [0.1, 0.15) is 0 Å². The first-order chi connectivity index (χ1) is 16.4. The molecule has 1 fully saturated rings. The van der Waals surface area contributed by atoms with Gasteiger partial charge in [0.25, 0.3) is 17.1 Å². The van der Waals surface area contributed by atoms with Crippen LogP contribution in [0.1, 0.15) is 27.9 Å². The lowest BCUT2D eigenvalue weighted by molar-refractivity contribution is -0.124. The van der Waals surface area contributed by atoms with Gasteiger partial charge in [-0.25, -0.2) is 0 Å². The zero-order valence-electron chi connectivity index (χ0n) is 18.5. The molecule has 9 nitrogen and oxygen atoms in total. The molecule has 4 amide bonds. The van der Waals surface area contributed by atoms with Gasteiger partial charge in [-0.1, -0.05) is 24.3 Å². The summed E-state index contributed by atoms with van der Waals surface area (Å²) in [6.07, 6.45) is 1.71. The van der Waals surface area contributed by atoms with Crippen molar-refractivity contribution in [3.63, 3.8) is 0 Å². The molecule has 4 rings (SSSR count). The number of nitrogens with zero attached hydrogens (tertiary/aromatic N) is 1. The number of rotatable bonds is 8. The zero-order valence-corrected chi connectivity index (χ0v) is 19.3. The van der Waals surface area contributed by atoms with Crippen molar-refractivity contribution < 1.29 is 28.7 Å². The number of benzene rings is 2. The monoisotopic (exact) mass is 481 g/mol. The van der Waals surface area contributed by atoms with E-state index in [2.05, 4.69) is 10.6 Å². The lowest BCUT2D eigenvalue weighted by Gasteiger charge is -2.13. The van der Waals surface area contributed by atoms with Crippen LogP contribution in [0.25, 0.3) is 6.08 Å². The number of ether oxygens (including phenoxy) is 2. The van der Waals surface area contributed by atoms with Gasteiger partial charge in [0, 0.05) is 31.6 Å². The van der Waals surface area contributed by atoms with E-state index in [1.807, 2.05) is 19.1 Å². The minimum absolute atomic E-state index is 0.0600. The smallest absolute Gasteiger partial charge is 0.293 e. The third-order valence-electron chi connectivity index (χ3n) is 5.25. The summed E-state index contributed by atoms with van der Waals surface area (Å²) in [5.41, 5.74) is 2.14. The van der Waals surface area contributed by atoms with Crippen molar-refractivity contribution in [2.45, 2.75) is 13.3 Å². The molecule has 0 aromatic heterocycles. The van der Waals surface area contributed by atoms with Crippen LogP contribution >= 0.6 is 11.8 Å². The number of carbonyl (C=O) groups is 4. The Hall–Kier alpha value is -3.79. The molecule has 0 radical (unpaired) electrons. The molecular weight excluding hydrogens is 458 g/mol. The third kappa shape index (κ3) is 5.40. The Bertz CT molecular complexity index is 1180. The second-order valence-electron chi connectivity index (χ2n) is 7.62. The third-order valence-corrected chi connectivity index (χ3v) is 6.16. The molecule has 2 heterocycles. The minimum Gasteiger partial charge on any atom is -0.454 e. The molecule has 2 aliphatic heterocycles. The van der Waals surface area contributed by atoms with E-state index in [-0.39, 0.29) is 44.7 Å². The SMILES string of the molecule is Cc1ccccc1C(=O)NCCC(=O)NCCN1C(=O)S/C(=C\c2ccc3c(c2)OCO3)C1=O. The lowest BCUT2D eigenvalue weighted by Crippen LogP contribution is -2.38. The highest BCUT2D eigenvalue weighted by Gasteiger charge is 2.34. The highest BCUT2D eigenvalue weighted by molar-refractivity contribution is 8.18. The average molecular weight is 482 g/mol. The fourth-order valence-electron chi connectivity index (χ4n) is 3.46. The molecule has 0 unspecified atom stereocenters. The van der Waals surface area contributed by atoms with Crippen molar-refractivity contribution in [1.29, 1.82) is 0 Å². The Morgan fingerprint density at radius 3 is 2.68 bits per heavy atom. The summed E-state index contributed by atoms with van der Waals surface area (Å²) in [6.45, 7) is 2.36. The highest BCUT2D eigenvalue weighted by Crippen LogP contribution is 2.36. The standard InChI is InChI=1S/C24H23N3O6S/c1-15-4-2-3-5-17(15)22(29)26-9-8-21(28)25-10-11-27-23(30)20(34-24(27)31)13-16-6-7-18-19(12-16)33-14-32-18/h2-7,12-13H,8-11,14H2,1H3,(H,25,28)(H,26,29)/b20-13-. The maximum absolute atomic E-state index is 12.6. The van der Waals surface area contributed by atoms with Crippen LogP contribution in [0, 0.1) is 6.92 Å². The Balaban J connectivity index is 1.22. The molecule has 2 N–H and O–H groups in total. The van der Waals surface area contributed by atoms with E-state index in [1.54, 1.807) is 36.4 Å². The molecule has 0 spiro atoms. The Morgan fingerprint density at radius 2 is 1.85 bits per heavy atom. The number of aryl methyl sites for hydroxylation is 1. The van der Waals surface area contributed by atoms with E-state index in [9.17, 15) is 19.2 Å². The number of nitrogens with one attached hydrogen (secondary N) is 2. The summed E-state index contributed by atoms with van der Waals surface area (Å²) in [5.74, 6) is 0.292. The minimum atomic E-state index is -0.410. The van der Waals surface area contributed by atoms with E-state index in [0.29, 0.717) is 22.0 Å². The van der Waals surface area contributed by atoms with Crippen molar-refractivity contribution in [3.05, 3.63) is 64.1 Å². The van der Waals surface area contributed by atoms with Crippen LogP contribution in [0.4, 0.5) is 4.79 Å². The molecule has 0 atom stereocenters. The summed E-state index contributed by atoms with van der Waals surface area (Å²) in [5, 5.41) is 5.00. The van der Waals surface area contributed by atoms with Crippen molar-refractivity contribution in [1.82, 2.24) is 15.5 Å². The number of hydrogen-bond acceptors (Lipinski definition) is 7. The molecule has 34 heavy (non-hydrogen) atoms. The van der Waals surface area contributed by atoms with Gasteiger partial charge in [0.2, 0.25) is 12.7 Å². The normalized spacial score (nSPS) is 15.7. The van der Waals surface area contributed by atoms with Crippen LogP contribution in [0.15, 0.2) is 47.4 Å². The van der Waals surface area contributed by atoms with E-state index >= 15 is 0 Å². The summed E-state index contributed by atoms with van der Waals surface area (Å²) in [4.78, 5) is 50.6. The molecular formula is C24H23N3O6S.